The lowest BCUT2D eigenvalue weighted by Crippen LogP contribution is -2.07. The van der Waals surface area contributed by atoms with Crippen molar-refractivity contribution in [2.45, 2.75) is 33.1 Å². The van der Waals surface area contributed by atoms with Crippen LogP contribution in [0.15, 0.2) is 18.2 Å². The average molecular weight is 197 g/mol. The van der Waals surface area contributed by atoms with Gasteiger partial charge in [0.1, 0.15) is 5.82 Å². The van der Waals surface area contributed by atoms with Gasteiger partial charge in [-0.05, 0) is 13.8 Å². The first-order chi connectivity index (χ1) is 6.65. The molecule has 0 saturated heterocycles. The van der Waals surface area contributed by atoms with Crippen molar-refractivity contribution in [3.63, 3.8) is 0 Å². The molecule has 0 saturated carbocycles. The van der Waals surface area contributed by atoms with Crippen LogP contribution in [0.2, 0.25) is 0 Å². The van der Waals surface area contributed by atoms with Crippen LogP contribution in [0.5, 0.6) is 0 Å². The number of nitrogens with two attached hydrogens (primary N) is 1. The molecule has 2 N–H and O–H groups in total. The Morgan fingerprint density at radius 2 is 2.00 bits per heavy atom. The number of benzene rings is 1. The van der Waals surface area contributed by atoms with E-state index in [0.717, 1.165) is 0 Å². The molecule has 0 amide bonds. The van der Waals surface area contributed by atoms with Crippen LogP contribution >= 0.6 is 0 Å². The van der Waals surface area contributed by atoms with Gasteiger partial charge in [-0.25, -0.2) is 4.39 Å². The fraction of sp³-hybridized carbons (Fsp3) is 0.455. The highest BCUT2D eigenvalue weighted by Gasteiger charge is 2.06. The second-order valence-electron chi connectivity index (χ2n) is 3.45. The Morgan fingerprint density at radius 3 is 2.57 bits per heavy atom. The molecule has 0 atom stereocenters. The highest BCUT2D eigenvalue weighted by molar-refractivity contribution is 5.25. The highest BCUT2D eigenvalue weighted by atomic mass is 19.1. The monoisotopic (exact) mass is 197 g/mol. The molecule has 1 aromatic carbocycles. The Kier molecular flexibility index (Phi) is 4.04. The molecule has 1 rings (SSSR count). The third-order valence-corrected chi connectivity index (χ3v) is 1.95. The van der Waals surface area contributed by atoms with Crippen LogP contribution < -0.4 is 5.73 Å². The Hall–Kier alpha value is -0.930. The van der Waals surface area contributed by atoms with Crippen molar-refractivity contribution >= 4 is 0 Å². The first-order valence-electron chi connectivity index (χ1n) is 4.73. The lowest BCUT2D eigenvalue weighted by molar-refractivity contribution is 0.0638. The van der Waals surface area contributed by atoms with E-state index in [1.165, 1.54) is 0 Å². The summed E-state index contributed by atoms with van der Waals surface area (Å²) in [5, 5.41) is 0. The maximum Gasteiger partial charge on any atom is 0.133 e. The van der Waals surface area contributed by atoms with Crippen molar-refractivity contribution in [3.8, 4) is 0 Å². The standard InChI is InChI=1S/C11H16FNO/c1-8(2)14-7-10-5-3-4-9(6-13)11(10)12/h3-5,8H,6-7,13H2,1-2H3. The van der Waals surface area contributed by atoms with Gasteiger partial charge in [0.25, 0.3) is 0 Å². The normalized spacial score (nSPS) is 10.9. The molecule has 3 heteroatoms. The molecule has 0 aliphatic carbocycles. The molecule has 0 aliphatic rings. The molecule has 0 aromatic heterocycles. The van der Waals surface area contributed by atoms with Crippen molar-refractivity contribution in [1.82, 2.24) is 0 Å². The largest absolute Gasteiger partial charge is 0.374 e. The summed E-state index contributed by atoms with van der Waals surface area (Å²) in [6, 6.07) is 5.20. The quantitative estimate of drug-likeness (QED) is 0.803. The van der Waals surface area contributed by atoms with E-state index >= 15 is 0 Å². The number of ether oxygens (including phenoxy) is 1. The molecular formula is C11H16FNO. The molecular weight excluding hydrogens is 181 g/mol. The Labute approximate surface area is 83.9 Å². The number of halogens is 1. The Morgan fingerprint density at radius 1 is 1.36 bits per heavy atom. The van der Waals surface area contributed by atoms with Crippen molar-refractivity contribution in [2.75, 3.05) is 0 Å². The van der Waals surface area contributed by atoms with Gasteiger partial charge in [-0.1, -0.05) is 18.2 Å². The van der Waals surface area contributed by atoms with E-state index in [2.05, 4.69) is 0 Å². The van der Waals surface area contributed by atoms with Crippen LogP contribution in [0.1, 0.15) is 25.0 Å². The molecule has 78 valence electrons. The minimum Gasteiger partial charge on any atom is -0.374 e. The number of hydrogen-bond donors (Lipinski definition) is 1. The van der Waals surface area contributed by atoms with Gasteiger partial charge in [-0.15, -0.1) is 0 Å². The van der Waals surface area contributed by atoms with Crippen molar-refractivity contribution in [1.29, 1.82) is 0 Å². The average Bonchev–Trinajstić information content (AvgIpc) is 2.16. The maximum absolute atomic E-state index is 13.6. The Balaban J connectivity index is 2.76. The van der Waals surface area contributed by atoms with Crippen LogP contribution in [0.4, 0.5) is 4.39 Å². The Bertz CT molecular complexity index is 299. The van der Waals surface area contributed by atoms with Crippen LogP contribution in [0.3, 0.4) is 0 Å². The predicted octanol–water partition coefficient (Wildman–Crippen LogP) is 2.21. The van der Waals surface area contributed by atoms with E-state index in [9.17, 15) is 4.39 Å². The smallest absolute Gasteiger partial charge is 0.133 e. The minimum absolute atomic E-state index is 0.107. The van der Waals surface area contributed by atoms with E-state index < -0.39 is 0 Å². The topological polar surface area (TPSA) is 35.2 Å². The van der Waals surface area contributed by atoms with Gasteiger partial charge in [-0.2, -0.15) is 0 Å². The maximum atomic E-state index is 13.6. The summed E-state index contributed by atoms with van der Waals surface area (Å²) in [5.74, 6) is -0.240. The van der Waals surface area contributed by atoms with Crippen LogP contribution in [0.25, 0.3) is 0 Å². The van der Waals surface area contributed by atoms with Gasteiger partial charge in [0.05, 0.1) is 12.7 Å². The fourth-order valence-corrected chi connectivity index (χ4v) is 1.16. The predicted molar refractivity (Wildman–Crippen MR) is 54.2 cm³/mol. The van der Waals surface area contributed by atoms with Gasteiger partial charge >= 0.3 is 0 Å². The van der Waals surface area contributed by atoms with E-state index in [-0.39, 0.29) is 18.5 Å². The molecule has 0 aliphatic heterocycles. The molecule has 1 aromatic rings. The second kappa shape index (κ2) is 5.08. The van der Waals surface area contributed by atoms with E-state index in [1.807, 2.05) is 13.8 Å². The molecule has 0 bridgehead atoms. The zero-order valence-corrected chi connectivity index (χ0v) is 8.59. The summed E-state index contributed by atoms with van der Waals surface area (Å²) in [6.07, 6.45) is 0.107. The van der Waals surface area contributed by atoms with E-state index in [4.69, 9.17) is 10.5 Å². The van der Waals surface area contributed by atoms with E-state index in [0.29, 0.717) is 17.7 Å². The van der Waals surface area contributed by atoms with Crippen LogP contribution in [-0.2, 0) is 17.9 Å². The molecule has 0 heterocycles. The summed E-state index contributed by atoms with van der Waals surface area (Å²) in [4.78, 5) is 0. The number of hydrogen-bond acceptors (Lipinski definition) is 2. The molecule has 2 nitrogen and oxygen atoms in total. The van der Waals surface area contributed by atoms with Crippen molar-refractivity contribution < 1.29 is 9.13 Å². The lowest BCUT2D eigenvalue weighted by Gasteiger charge is -2.09. The summed E-state index contributed by atoms with van der Waals surface area (Å²) >= 11 is 0. The third-order valence-electron chi connectivity index (χ3n) is 1.95. The van der Waals surface area contributed by atoms with Gasteiger partial charge in [0.2, 0.25) is 0 Å². The van der Waals surface area contributed by atoms with Crippen molar-refractivity contribution in [2.24, 2.45) is 5.73 Å². The van der Waals surface area contributed by atoms with Crippen molar-refractivity contribution in [3.05, 3.63) is 35.1 Å². The molecule has 0 fully saturated rings. The fourth-order valence-electron chi connectivity index (χ4n) is 1.16. The van der Waals surface area contributed by atoms with Gasteiger partial charge < -0.3 is 10.5 Å². The molecule has 14 heavy (non-hydrogen) atoms. The zero-order chi connectivity index (χ0) is 10.6. The highest BCUT2D eigenvalue weighted by Crippen LogP contribution is 2.14. The summed E-state index contributed by atoms with van der Waals surface area (Å²) in [7, 11) is 0. The molecule has 0 radical (unpaired) electrons. The van der Waals surface area contributed by atoms with Gasteiger partial charge in [0, 0.05) is 17.7 Å². The summed E-state index contributed by atoms with van der Waals surface area (Å²) in [5.41, 5.74) is 6.50. The van der Waals surface area contributed by atoms with Crippen LogP contribution in [0, 0.1) is 5.82 Å². The molecule has 0 spiro atoms. The van der Waals surface area contributed by atoms with Crippen LogP contribution in [-0.4, -0.2) is 6.10 Å². The first-order valence-corrected chi connectivity index (χ1v) is 4.73. The zero-order valence-electron chi connectivity index (χ0n) is 8.59. The number of rotatable bonds is 4. The second-order valence-corrected chi connectivity index (χ2v) is 3.45. The SMILES string of the molecule is CC(C)OCc1cccc(CN)c1F. The minimum atomic E-state index is -0.240. The first kappa shape index (κ1) is 11.1. The molecule has 0 unspecified atom stereocenters. The summed E-state index contributed by atoms with van der Waals surface area (Å²) in [6.45, 7) is 4.37. The van der Waals surface area contributed by atoms with E-state index in [1.54, 1.807) is 18.2 Å². The lowest BCUT2D eigenvalue weighted by atomic mass is 10.1. The van der Waals surface area contributed by atoms with Gasteiger partial charge in [-0.3, -0.25) is 0 Å². The third kappa shape index (κ3) is 2.79. The van der Waals surface area contributed by atoms with Gasteiger partial charge in [0.15, 0.2) is 0 Å². The summed E-state index contributed by atoms with van der Waals surface area (Å²) < 4.78 is 18.9.